The molecule has 1 aliphatic carbocycles. The van der Waals surface area contributed by atoms with Gasteiger partial charge in [-0.1, -0.05) is 67.6 Å². The average Bonchev–Trinajstić information content (AvgIpc) is 2.66. The number of hydrogen-bond acceptors (Lipinski definition) is 3. The zero-order chi connectivity index (χ0) is 18.7. The molecule has 1 aromatic carbocycles. The van der Waals surface area contributed by atoms with E-state index in [9.17, 15) is 4.79 Å². The van der Waals surface area contributed by atoms with Gasteiger partial charge in [0.1, 0.15) is 0 Å². The van der Waals surface area contributed by atoms with Crippen LogP contribution in [0.25, 0.3) is 0 Å². The van der Waals surface area contributed by atoms with Crippen molar-refractivity contribution in [3.63, 3.8) is 0 Å². The molecule has 1 amide bonds. The number of amides is 1. The molecule has 4 atom stereocenters. The Morgan fingerprint density at radius 2 is 2.04 bits per heavy atom. The van der Waals surface area contributed by atoms with Crippen molar-refractivity contribution >= 4 is 5.91 Å². The molecule has 3 rings (SSSR count). The van der Waals surface area contributed by atoms with Crippen LogP contribution < -0.4 is 5.73 Å². The predicted octanol–water partition coefficient (Wildman–Crippen LogP) is 3.73. The molecule has 0 radical (unpaired) electrons. The van der Waals surface area contributed by atoms with E-state index in [1.807, 2.05) is 30.3 Å². The average molecular weight is 352 g/mol. The minimum Gasteiger partial charge on any atom is -0.363 e. The van der Waals surface area contributed by atoms with Crippen LogP contribution in [0.3, 0.4) is 0 Å². The van der Waals surface area contributed by atoms with Crippen molar-refractivity contribution in [3.05, 3.63) is 71.8 Å². The largest absolute Gasteiger partial charge is 0.363 e. The third-order valence-corrected chi connectivity index (χ3v) is 5.36. The molecule has 0 fully saturated rings. The van der Waals surface area contributed by atoms with Crippen LogP contribution in [0.15, 0.2) is 66.3 Å². The van der Waals surface area contributed by atoms with Gasteiger partial charge >= 0.3 is 0 Å². The van der Waals surface area contributed by atoms with Crippen LogP contribution in [0.1, 0.15) is 38.8 Å². The van der Waals surface area contributed by atoms with Crippen molar-refractivity contribution in [2.24, 2.45) is 11.7 Å². The third-order valence-electron chi connectivity index (χ3n) is 5.36. The van der Waals surface area contributed by atoms with E-state index in [1.165, 1.54) is 0 Å². The van der Waals surface area contributed by atoms with Gasteiger partial charge in [0.15, 0.2) is 0 Å². The van der Waals surface area contributed by atoms with Crippen molar-refractivity contribution in [1.29, 1.82) is 0 Å². The number of hydrogen-bond donors (Lipinski definition) is 1. The minimum absolute atomic E-state index is 0.0354. The molecule has 0 saturated heterocycles. The molecule has 1 heterocycles. The number of carbonyl (C=O) groups is 1. The first kappa shape index (κ1) is 18.6. The van der Waals surface area contributed by atoms with Crippen LogP contribution in [0, 0.1) is 5.92 Å². The lowest BCUT2D eigenvalue weighted by Gasteiger charge is -2.39. The monoisotopic (exact) mass is 352 g/mol. The predicted molar refractivity (Wildman–Crippen MR) is 104 cm³/mol. The Bertz CT molecular complexity index is 738. The first-order valence-corrected chi connectivity index (χ1v) is 9.26. The number of benzene rings is 1. The summed E-state index contributed by atoms with van der Waals surface area (Å²) < 4.78 is 6.27. The molecule has 4 unspecified atom stereocenters. The second-order valence-corrected chi connectivity index (χ2v) is 7.20. The molecule has 0 spiro atoms. The molecule has 4 heteroatoms. The van der Waals surface area contributed by atoms with Crippen molar-refractivity contribution in [3.8, 4) is 0 Å². The Morgan fingerprint density at radius 3 is 2.65 bits per heavy atom. The Balaban J connectivity index is 1.97. The molecule has 26 heavy (non-hydrogen) atoms. The van der Waals surface area contributed by atoms with Gasteiger partial charge in [-0.2, -0.15) is 0 Å². The molecule has 0 aromatic heterocycles. The van der Waals surface area contributed by atoms with Gasteiger partial charge in [0.05, 0.1) is 24.4 Å². The number of nitrogens with two attached hydrogens (primary N) is 1. The van der Waals surface area contributed by atoms with Gasteiger partial charge in [-0.15, -0.1) is 0 Å². The van der Waals surface area contributed by atoms with Gasteiger partial charge in [0.25, 0.3) is 0 Å². The van der Waals surface area contributed by atoms with Gasteiger partial charge in [-0.05, 0) is 24.5 Å². The fraction of sp³-hybridized carbons (Fsp3) is 0.409. The highest BCUT2D eigenvalue weighted by Gasteiger charge is 2.34. The standard InChI is InChI=1S/C22H28N2O2/c1-4-22(3)13-12-18-14-19(10-11-20(18)26-22)21(24(15-23)16(2)25)17-8-6-5-7-9-17/h5-14,18,20-21H,4,15,23H2,1-3H3. The summed E-state index contributed by atoms with van der Waals surface area (Å²) in [6, 6.07) is 9.85. The Morgan fingerprint density at radius 1 is 1.31 bits per heavy atom. The zero-order valence-corrected chi connectivity index (χ0v) is 15.8. The molecule has 138 valence electrons. The van der Waals surface area contributed by atoms with Gasteiger partial charge in [0.2, 0.25) is 5.91 Å². The van der Waals surface area contributed by atoms with E-state index in [-0.39, 0.29) is 36.2 Å². The molecule has 2 N–H and O–H groups in total. The van der Waals surface area contributed by atoms with Gasteiger partial charge < -0.3 is 15.4 Å². The number of fused-ring (bicyclic) bond motifs is 1. The minimum atomic E-state index is -0.210. The first-order chi connectivity index (χ1) is 12.5. The van der Waals surface area contributed by atoms with Crippen molar-refractivity contribution in [1.82, 2.24) is 4.90 Å². The van der Waals surface area contributed by atoms with E-state index in [4.69, 9.17) is 10.5 Å². The Hall–Kier alpha value is -2.17. The number of rotatable bonds is 5. The topological polar surface area (TPSA) is 55.6 Å². The van der Waals surface area contributed by atoms with Crippen molar-refractivity contribution < 1.29 is 9.53 Å². The SMILES string of the molecule is CCC1(C)C=CC2C=C(C(c3ccccc3)N(CN)C(C)=O)C=CC2O1. The number of ether oxygens (including phenoxy) is 1. The van der Waals surface area contributed by atoms with E-state index < -0.39 is 0 Å². The fourth-order valence-electron chi connectivity index (χ4n) is 3.64. The summed E-state index contributed by atoms with van der Waals surface area (Å²) in [6.45, 7) is 5.99. The summed E-state index contributed by atoms with van der Waals surface area (Å²) in [5.41, 5.74) is 7.84. The van der Waals surface area contributed by atoms with Crippen LogP contribution >= 0.6 is 0 Å². The summed E-state index contributed by atoms with van der Waals surface area (Å²) in [5.74, 6) is 0.138. The quantitative estimate of drug-likeness (QED) is 0.649. The maximum Gasteiger partial charge on any atom is 0.221 e. The smallest absolute Gasteiger partial charge is 0.221 e. The summed E-state index contributed by atoms with van der Waals surface area (Å²) >= 11 is 0. The zero-order valence-electron chi connectivity index (χ0n) is 15.8. The molecule has 0 bridgehead atoms. The molecule has 1 aromatic rings. The van der Waals surface area contributed by atoms with Crippen LogP contribution in [0.5, 0.6) is 0 Å². The summed E-state index contributed by atoms with van der Waals surface area (Å²) in [4.78, 5) is 13.9. The van der Waals surface area contributed by atoms with Gasteiger partial charge in [-0.25, -0.2) is 0 Å². The van der Waals surface area contributed by atoms with Crippen molar-refractivity contribution in [2.75, 3.05) is 6.67 Å². The molecule has 2 aliphatic rings. The highest BCUT2D eigenvalue weighted by molar-refractivity contribution is 5.74. The first-order valence-electron chi connectivity index (χ1n) is 9.26. The number of carbonyl (C=O) groups excluding carboxylic acids is 1. The van der Waals surface area contributed by atoms with E-state index in [0.717, 1.165) is 17.6 Å². The Kier molecular flexibility index (Phi) is 5.44. The second kappa shape index (κ2) is 7.60. The summed E-state index contributed by atoms with van der Waals surface area (Å²) in [7, 11) is 0. The molecule has 1 aliphatic heterocycles. The highest BCUT2D eigenvalue weighted by Crippen LogP contribution is 2.37. The maximum atomic E-state index is 12.2. The fourth-order valence-corrected chi connectivity index (χ4v) is 3.64. The van der Waals surface area contributed by atoms with E-state index >= 15 is 0 Å². The van der Waals surface area contributed by atoms with Crippen LogP contribution in [0.2, 0.25) is 0 Å². The molecular weight excluding hydrogens is 324 g/mol. The van der Waals surface area contributed by atoms with Crippen LogP contribution in [-0.4, -0.2) is 29.2 Å². The van der Waals surface area contributed by atoms with E-state index in [0.29, 0.717) is 0 Å². The summed E-state index contributed by atoms with van der Waals surface area (Å²) in [5, 5.41) is 0. The van der Waals surface area contributed by atoms with Gasteiger partial charge in [0, 0.05) is 12.8 Å². The Labute approximate surface area is 156 Å². The number of nitrogens with zero attached hydrogens (tertiary/aromatic N) is 1. The molecule has 4 nitrogen and oxygen atoms in total. The lowest BCUT2D eigenvalue weighted by molar-refractivity contribution is -0.130. The second-order valence-electron chi connectivity index (χ2n) is 7.20. The van der Waals surface area contributed by atoms with E-state index in [1.54, 1.807) is 11.8 Å². The van der Waals surface area contributed by atoms with Crippen molar-refractivity contribution in [2.45, 2.75) is 44.9 Å². The summed E-state index contributed by atoms with van der Waals surface area (Å²) in [6.07, 6.45) is 11.8. The molecular formula is C22H28N2O2. The van der Waals surface area contributed by atoms with Crippen LogP contribution in [-0.2, 0) is 9.53 Å². The lowest BCUT2D eigenvalue weighted by atomic mass is 9.83. The third kappa shape index (κ3) is 3.67. The van der Waals surface area contributed by atoms with E-state index in [2.05, 4.69) is 44.2 Å². The molecule has 0 saturated carbocycles. The highest BCUT2D eigenvalue weighted by atomic mass is 16.5. The normalized spacial score (nSPS) is 28.2. The van der Waals surface area contributed by atoms with Crippen LogP contribution in [0.4, 0.5) is 0 Å². The lowest BCUT2D eigenvalue weighted by Crippen LogP contribution is -2.41. The van der Waals surface area contributed by atoms with Gasteiger partial charge in [-0.3, -0.25) is 4.79 Å². The maximum absolute atomic E-state index is 12.2.